The van der Waals surface area contributed by atoms with E-state index in [0.717, 1.165) is 13.1 Å². The molecule has 1 aliphatic rings. The molecule has 0 aliphatic carbocycles. The Morgan fingerprint density at radius 2 is 1.95 bits per heavy atom. The summed E-state index contributed by atoms with van der Waals surface area (Å²) < 4.78 is 29.5. The maximum atomic E-state index is 12.3. The molecule has 1 saturated heterocycles. The van der Waals surface area contributed by atoms with Crippen LogP contribution in [0.1, 0.15) is 0 Å². The van der Waals surface area contributed by atoms with E-state index in [-0.39, 0.29) is 4.90 Å². The van der Waals surface area contributed by atoms with Gasteiger partial charge in [0, 0.05) is 26.2 Å². The van der Waals surface area contributed by atoms with Gasteiger partial charge in [-0.05, 0) is 25.2 Å². The van der Waals surface area contributed by atoms with Crippen LogP contribution >= 0.6 is 0 Å². The van der Waals surface area contributed by atoms with Gasteiger partial charge in [0.25, 0.3) is 10.0 Å². The van der Waals surface area contributed by atoms with Gasteiger partial charge in [0.05, 0.1) is 10.4 Å². The average molecular weight is 312 g/mol. The van der Waals surface area contributed by atoms with Crippen LogP contribution in [0.25, 0.3) is 11.1 Å². The molecular formula is C12H16N4O4S. The van der Waals surface area contributed by atoms with Crippen LogP contribution in [-0.4, -0.2) is 56.5 Å². The number of sulfonamides is 1. The third-order valence-electron chi connectivity index (χ3n) is 3.45. The van der Waals surface area contributed by atoms with E-state index in [4.69, 9.17) is 4.42 Å². The van der Waals surface area contributed by atoms with Gasteiger partial charge >= 0.3 is 5.76 Å². The summed E-state index contributed by atoms with van der Waals surface area (Å²) in [6.45, 7) is 2.86. The first-order valence-electron chi connectivity index (χ1n) is 6.53. The molecule has 21 heavy (non-hydrogen) atoms. The quantitative estimate of drug-likeness (QED) is 0.797. The van der Waals surface area contributed by atoms with Crippen LogP contribution in [0.2, 0.25) is 0 Å². The molecule has 1 aromatic heterocycles. The minimum atomic E-state index is -3.67. The fraction of sp³-hybridized carbons (Fsp3) is 0.417. The van der Waals surface area contributed by atoms with Crippen LogP contribution in [0.3, 0.4) is 0 Å². The number of likely N-dealkylation sites (N-methyl/N-ethyl adjacent to an activating group) is 1. The number of oxazole rings is 1. The first-order chi connectivity index (χ1) is 9.94. The number of H-pyrrole nitrogens is 1. The molecule has 114 valence electrons. The summed E-state index contributed by atoms with van der Waals surface area (Å²) in [4.78, 5) is 18.3. The molecular weight excluding hydrogens is 296 g/mol. The molecule has 0 radical (unpaired) electrons. The van der Waals surface area contributed by atoms with Gasteiger partial charge in [-0.2, -0.15) is 0 Å². The predicted molar refractivity (Wildman–Crippen MR) is 76.2 cm³/mol. The second-order valence-electron chi connectivity index (χ2n) is 5.06. The van der Waals surface area contributed by atoms with E-state index in [1.54, 1.807) is 5.01 Å². The highest BCUT2D eigenvalue weighted by Crippen LogP contribution is 2.16. The summed E-state index contributed by atoms with van der Waals surface area (Å²) in [5.74, 6) is -0.605. The molecule has 1 aliphatic heterocycles. The van der Waals surface area contributed by atoms with Gasteiger partial charge in [-0.3, -0.25) is 4.98 Å². The zero-order valence-corrected chi connectivity index (χ0v) is 12.3. The second-order valence-corrected chi connectivity index (χ2v) is 6.72. The van der Waals surface area contributed by atoms with Gasteiger partial charge in [-0.15, -0.1) is 4.83 Å². The van der Waals surface area contributed by atoms with Crippen molar-refractivity contribution in [3.05, 3.63) is 28.7 Å². The van der Waals surface area contributed by atoms with E-state index in [1.807, 2.05) is 7.05 Å². The van der Waals surface area contributed by atoms with Crippen molar-refractivity contribution >= 4 is 21.1 Å². The van der Waals surface area contributed by atoms with Crippen LogP contribution in [0.5, 0.6) is 0 Å². The molecule has 1 fully saturated rings. The monoisotopic (exact) mass is 312 g/mol. The number of aromatic amines is 1. The van der Waals surface area contributed by atoms with E-state index in [9.17, 15) is 13.2 Å². The lowest BCUT2D eigenvalue weighted by Crippen LogP contribution is -2.52. The van der Waals surface area contributed by atoms with E-state index in [0.29, 0.717) is 24.2 Å². The molecule has 3 rings (SSSR count). The van der Waals surface area contributed by atoms with Gasteiger partial charge in [0.1, 0.15) is 0 Å². The van der Waals surface area contributed by atoms with E-state index in [2.05, 4.69) is 14.7 Å². The molecule has 0 spiro atoms. The van der Waals surface area contributed by atoms with Gasteiger partial charge in [0.2, 0.25) is 0 Å². The Labute approximate surface area is 121 Å². The Morgan fingerprint density at radius 1 is 1.24 bits per heavy atom. The SMILES string of the molecule is CN1CCN(NS(=O)(=O)c2ccc3oc(=O)[nH]c3c2)CC1. The number of fused-ring (bicyclic) bond motifs is 1. The largest absolute Gasteiger partial charge is 0.417 e. The number of aromatic nitrogens is 1. The molecule has 0 saturated carbocycles. The lowest BCUT2D eigenvalue weighted by Gasteiger charge is -2.32. The Kier molecular flexibility index (Phi) is 3.57. The molecule has 2 N–H and O–H groups in total. The molecule has 0 bridgehead atoms. The summed E-state index contributed by atoms with van der Waals surface area (Å²) in [7, 11) is -1.67. The lowest BCUT2D eigenvalue weighted by atomic mass is 10.3. The lowest BCUT2D eigenvalue weighted by molar-refractivity contribution is 0.135. The fourth-order valence-corrected chi connectivity index (χ4v) is 3.37. The molecule has 1 aromatic carbocycles. The molecule has 0 unspecified atom stereocenters. The first kappa shape index (κ1) is 14.3. The standard InChI is InChI=1S/C12H16N4O4S/c1-15-4-6-16(7-5-15)14-21(18,19)9-2-3-11-10(8-9)13-12(17)20-11/h2-3,8,14H,4-7H2,1H3,(H,13,17). The zero-order chi connectivity index (χ0) is 15.0. The molecule has 2 aromatic rings. The van der Waals surface area contributed by atoms with E-state index >= 15 is 0 Å². The molecule has 2 heterocycles. The maximum absolute atomic E-state index is 12.3. The van der Waals surface area contributed by atoms with E-state index < -0.39 is 15.8 Å². The Morgan fingerprint density at radius 3 is 2.67 bits per heavy atom. The molecule has 9 heteroatoms. The summed E-state index contributed by atoms with van der Waals surface area (Å²) in [5.41, 5.74) is 0.694. The minimum absolute atomic E-state index is 0.0889. The third kappa shape index (κ3) is 3.00. The van der Waals surface area contributed by atoms with E-state index in [1.165, 1.54) is 18.2 Å². The number of nitrogens with one attached hydrogen (secondary N) is 2. The van der Waals surface area contributed by atoms with Crippen molar-refractivity contribution in [3.8, 4) is 0 Å². The van der Waals surface area contributed by atoms with Crippen molar-refractivity contribution in [2.75, 3.05) is 33.2 Å². The molecule has 0 amide bonds. The topological polar surface area (TPSA) is 98.6 Å². The van der Waals surface area contributed by atoms with Gasteiger partial charge in [-0.25, -0.2) is 18.2 Å². The van der Waals surface area contributed by atoms with Crippen molar-refractivity contribution in [2.45, 2.75) is 4.90 Å². The number of hydrogen-bond donors (Lipinski definition) is 2. The van der Waals surface area contributed by atoms with Crippen LogP contribution in [0.4, 0.5) is 0 Å². The maximum Gasteiger partial charge on any atom is 0.417 e. The fourth-order valence-electron chi connectivity index (χ4n) is 2.22. The molecule has 8 nitrogen and oxygen atoms in total. The van der Waals surface area contributed by atoms with Crippen LogP contribution in [0, 0.1) is 0 Å². The van der Waals surface area contributed by atoms with Gasteiger partial charge in [0.15, 0.2) is 5.58 Å². The number of hydrogen-bond acceptors (Lipinski definition) is 6. The normalized spacial score (nSPS) is 18.3. The zero-order valence-electron chi connectivity index (χ0n) is 11.5. The highest BCUT2D eigenvalue weighted by molar-refractivity contribution is 7.89. The smallest absolute Gasteiger partial charge is 0.408 e. The number of nitrogens with zero attached hydrogens (tertiary/aromatic N) is 2. The summed E-state index contributed by atoms with van der Waals surface area (Å²) in [5, 5.41) is 1.68. The first-order valence-corrected chi connectivity index (χ1v) is 8.01. The van der Waals surface area contributed by atoms with Crippen molar-refractivity contribution in [3.63, 3.8) is 0 Å². The van der Waals surface area contributed by atoms with Crippen molar-refractivity contribution in [2.24, 2.45) is 0 Å². The molecule has 0 atom stereocenters. The number of rotatable bonds is 3. The van der Waals surface area contributed by atoms with Crippen LogP contribution in [0.15, 0.2) is 32.3 Å². The summed E-state index contributed by atoms with van der Waals surface area (Å²) in [6, 6.07) is 4.27. The Balaban J connectivity index is 1.84. The van der Waals surface area contributed by atoms with Crippen molar-refractivity contribution in [1.82, 2.24) is 19.7 Å². The average Bonchev–Trinajstić information content (AvgIpc) is 2.80. The summed E-state index contributed by atoms with van der Waals surface area (Å²) >= 11 is 0. The highest BCUT2D eigenvalue weighted by Gasteiger charge is 2.22. The Hall–Kier alpha value is -1.68. The van der Waals surface area contributed by atoms with Gasteiger partial charge in [-0.1, -0.05) is 0 Å². The number of piperazine rings is 1. The third-order valence-corrected chi connectivity index (χ3v) is 4.83. The van der Waals surface area contributed by atoms with Crippen molar-refractivity contribution in [1.29, 1.82) is 0 Å². The van der Waals surface area contributed by atoms with Gasteiger partial charge < -0.3 is 9.32 Å². The van der Waals surface area contributed by atoms with Crippen LogP contribution in [-0.2, 0) is 10.0 Å². The van der Waals surface area contributed by atoms with Crippen molar-refractivity contribution < 1.29 is 12.8 Å². The Bertz CT molecular complexity index is 802. The predicted octanol–water partition coefficient (Wildman–Crippen LogP) is -0.438. The van der Waals surface area contributed by atoms with Crippen LogP contribution < -0.4 is 10.6 Å². The number of hydrazine groups is 1. The summed E-state index contributed by atoms with van der Waals surface area (Å²) in [6.07, 6.45) is 0. The highest BCUT2D eigenvalue weighted by atomic mass is 32.2. The number of benzene rings is 1. The minimum Gasteiger partial charge on any atom is -0.408 e. The second kappa shape index (κ2) is 5.26.